The molecule has 1 fully saturated rings. The third-order valence-corrected chi connectivity index (χ3v) is 5.61. The van der Waals surface area contributed by atoms with Crippen LogP contribution in [-0.2, 0) is 12.1 Å². The zero-order chi connectivity index (χ0) is 19.0. The summed E-state index contributed by atoms with van der Waals surface area (Å²) in [5.41, 5.74) is 9.89. The number of rotatable bonds is 5. The molecule has 0 radical (unpaired) electrons. The lowest BCUT2D eigenvalue weighted by Gasteiger charge is -2.34. The van der Waals surface area contributed by atoms with E-state index in [-0.39, 0.29) is 12.4 Å². The second kappa shape index (κ2) is 8.07. The molecule has 0 unspecified atom stereocenters. The van der Waals surface area contributed by atoms with E-state index in [1.165, 1.54) is 0 Å². The van der Waals surface area contributed by atoms with Gasteiger partial charge in [-0.2, -0.15) is 10.1 Å². The standard InChI is InChI=1S/C20H22ClN5O.ClH/c1-13-16(8-9-18-23-19(25-27-18)20(22)10-5-11-20)14(2)26(24-13)12-15-6-3-4-7-17(15)21;/h3-4,6-9H,5,10-12,22H2,1-2H3;1H/b9-8+;. The van der Waals surface area contributed by atoms with Gasteiger partial charge in [0.2, 0.25) is 0 Å². The highest BCUT2D eigenvalue weighted by molar-refractivity contribution is 6.31. The molecule has 148 valence electrons. The number of aryl methyl sites for hydroxylation is 1. The first-order valence-corrected chi connectivity index (χ1v) is 9.43. The Kier molecular flexibility index (Phi) is 5.93. The van der Waals surface area contributed by atoms with Crippen LogP contribution in [0.5, 0.6) is 0 Å². The van der Waals surface area contributed by atoms with Gasteiger partial charge in [0, 0.05) is 22.4 Å². The lowest BCUT2D eigenvalue weighted by molar-refractivity contribution is 0.229. The number of halogens is 2. The highest BCUT2D eigenvalue weighted by Crippen LogP contribution is 2.37. The molecule has 8 heteroatoms. The van der Waals surface area contributed by atoms with E-state index < -0.39 is 5.54 Å². The number of nitrogens with two attached hydrogens (primary N) is 1. The van der Waals surface area contributed by atoms with E-state index in [0.717, 1.165) is 46.8 Å². The molecule has 0 amide bonds. The maximum atomic E-state index is 6.28. The molecule has 2 aromatic heterocycles. The minimum Gasteiger partial charge on any atom is -0.335 e. The Balaban J connectivity index is 0.00000225. The molecule has 1 aromatic carbocycles. The van der Waals surface area contributed by atoms with Crippen LogP contribution >= 0.6 is 24.0 Å². The summed E-state index contributed by atoms with van der Waals surface area (Å²) in [4.78, 5) is 4.43. The first kappa shape index (κ1) is 20.6. The maximum Gasteiger partial charge on any atom is 0.250 e. The average molecular weight is 420 g/mol. The normalized spacial score (nSPS) is 15.4. The number of hydrogen-bond acceptors (Lipinski definition) is 5. The molecule has 1 aliphatic rings. The van der Waals surface area contributed by atoms with Crippen LogP contribution in [0.15, 0.2) is 28.8 Å². The maximum absolute atomic E-state index is 6.28. The Morgan fingerprint density at radius 3 is 2.68 bits per heavy atom. The second-order valence-electron chi connectivity index (χ2n) is 7.13. The molecular formula is C20H23Cl2N5O. The molecule has 2 heterocycles. The molecule has 28 heavy (non-hydrogen) atoms. The van der Waals surface area contributed by atoms with Crippen LogP contribution < -0.4 is 5.73 Å². The van der Waals surface area contributed by atoms with Crippen LogP contribution in [-0.4, -0.2) is 19.9 Å². The van der Waals surface area contributed by atoms with Gasteiger partial charge >= 0.3 is 0 Å². The lowest BCUT2D eigenvalue weighted by atomic mass is 9.77. The minimum atomic E-state index is -0.415. The van der Waals surface area contributed by atoms with Crippen LogP contribution in [0.4, 0.5) is 0 Å². The van der Waals surface area contributed by atoms with E-state index in [1.807, 2.05) is 54.9 Å². The van der Waals surface area contributed by atoms with E-state index >= 15 is 0 Å². The Hall–Kier alpha value is -2.15. The average Bonchev–Trinajstić information content (AvgIpc) is 3.19. The lowest BCUT2D eigenvalue weighted by Crippen LogP contribution is -2.44. The second-order valence-corrected chi connectivity index (χ2v) is 7.54. The third kappa shape index (κ3) is 3.85. The Morgan fingerprint density at radius 2 is 2.00 bits per heavy atom. The molecule has 1 saturated carbocycles. The fourth-order valence-corrected chi connectivity index (χ4v) is 3.53. The van der Waals surface area contributed by atoms with Crippen molar-refractivity contribution in [2.45, 2.75) is 45.2 Å². The van der Waals surface area contributed by atoms with Gasteiger partial charge in [0.15, 0.2) is 5.82 Å². The predicted molar refractivity (Wildman–Crippen MR) is 112 cm³/mol. The topological polar surface area (TPSA) is 82.8 Å². The molecule has 0 aliphatic heterocycles. The molecule has 0 atom stereocenters. The van der Waals surface area contributed by atoms with Gasteiger partial charge in [-0.1, -0.05) is 35.0 Å². The quantitative estimate of drug-likeness (QED) is 0.657. The third-order valence-electron chi connectivity index (χ3n) is 5.24. The van der Waals surface area contributed by atoms with E-state index in [0.29, 0.717) is 18.3 Å². The first-order valence-electron chi connectivity index (χ1n) is 9.05. The summed E-state index contributed by atoms with van der Waals surface area (Å²) in [6.07, 6.45) is 6.70. The monoisotopic (exact) mass is 419 g/mol. The molecule has 4 rings (SSSR count). The van der Waals surface area contributed by atoms with Gasteiger partial charge in [0.05, 0.1) is 17.8 Å². The van der Waals surface area contributed by atoms with Crippen molar-refractivity contribution in [3.8, 4) is 0 Å². The summed E-state index contributed by atoms with van der Waals surface area (Å²) >= 11 is 6.28. The molecule has 2 N–H and O–H groups in total. The Bertz CT molecular complexity index is 1000. The number of nitrogens with zero attached hydrogens (tertiary/aromatic N) is 4. The highest BCUT2D eigenvalue weighted by atomic mass is 35.5. The predicted octanol–water partition coefficient (Wildman–Crippen LogP) is 4.51. The van der Waals surface area contributed by atoms with E-state index in [4.69, 9.17) is 21.9 Å². The fourth-order valence-electron chi connectivity index (χ4n) is 3.33. The highest BCUT2D eigenvalue weighted by Gasteiger charge is 2.38. The van der Waals surface area contributed by atoms with Gasteiger partial charge in [-0.15, -0.1) is 12.4 Å². The first-order chi connectivity index (χ1) is 13.0. The van der Waals surface area contributed by atoms with Gasteiger partial charge < -0.3 is 10.3 Å². The molecule has 0 bridgehead atoms. The van der Waals surface area contributed by atoms with Crippen molar-refractivity contribution in [3.63, 3.8) is 0 Å². The van der Waals surface area contributed by atoms with Gasteiger partial charge in [-0.05, 0) is 50.8 Å². The van der Waals surface area contributed by atoms with Crippen LogP contribution in [0.1, 0.15) is 53.5 Å². The van der Waals surface area contributed by atoms with Crippen LogP contribution in [0.3, 0.4) is 0 Å². The number of hydrogen-bond donors (Lipinski definition) is 1. The van der Waals surface area contributed by atoms with Crippen molar-refractivity contribution in [1.82, 2.24) is 19.9 Å². The zero-order valence-electron chi connectivity index (χ0n) is 15.9. The van der Waals surface area contributed by atoms with Gasteiger partial charge in [-0.3, -0.25) is 4.68 Å². The summed E-state index contributed by atoms with van der Waals surface area (Å²) in [6.45, 7) is 4.65. The van der Waals surface area contributed by atoms with Crippen molar-refractivity contribution < 1.29 is 4.52 Å². The van der Waals surface area contributed by atoms with E-state index in [1.54, 1.807) is 0 Å². The van der Waals surface area contributed by atoms with Crippen LogP contribution in [0.25, 0.3) is 12.2 Å². The summed E-state index contributed by atoms with van der Waals surface area (Å²) < 4.78 is 7.29. The summed E-state index contributed by atoms with van der Waals surface area (Å²) in [6, 6.07) is 7.81. The van der Waals surface area contributed by atoms with Gasteiger partial charge in [0.1, 0.15) is 0 Å². The fraction of sp³-hybridized carbons (Fsp3) is 0.350. The summed E-state index contributed by atoms with van der Waals surface area (Å²) in [7, 11) is 0. The van der Waals surface area contributed by atoms with Crippen molar-refractivity contribution in [2.75, 3.05) is 0 Å². The zero-order valence-corrected chi connectivity index (χ0v) is 17.4. The molecule has 1 aliphatic carbocycles. The van der Waals surface area contributed by atoms with Crippen LogP contribution in [0, 0.1) is 13.8 Å². The SMILES string of the molecule is Cc1nn(Cc2ccccc2Cl)c(C)c1/C=C/c1nc(C2(N)CCC2)no1.Cl. The van der Waals surface area contributed by atoms with Crippen LogP contribution in [0.2, 0.25) is 5.02 Å². The van der Waals surface area contributed by atoms with Crippen molar-refractivity contribution in [1.29, 1.82) is 0 Å². The van der Waals surface area contributed by atoms with Crippen molar-refractivity contribution in [3.05, 3.63) is 63.5 Å². The molecular weight excluding hydrogens is 397 g/mol. The molecule has 3 aromatic rings. The van der Waals surface area contributed by atoms with Crippen molar-refractivity contribution in [2.24, 2.45) is 5.73 Å². The van der Waals surface area contributed by atoms with Crippen molar-refractivity contribution >= 4 is 36.2 Å². The van der Waals surface area contributed by atoms with E-state index in [2.05, 4.69) is 15.2 Å². The van der Waals surface area contributed by atoms with E-state index in [9.17, 15) is 0 Å². The minimum absolute atomic E-state index is 0. The Labute approximate surface area is 175 Å². The largest absolute Gasteiger partial charge is 0.335 e. The summed E-state index contributed by atoms with van der Waals surface area (Å²) in [5, 5.41) is 9.43. The summed E-state index contributed by atoms with van der Waals surface area (Å²) in [5.74, 6) is 1.05. The number of aromatic nitrogens is 4. The van der Waals surface area contributed by atoms with Gasteiger partial charge in [-0.25, -0.2) is 0 Å². The molecule has 6 nitrogen and oxygen atoms in total. The molecule has 0 saturated heterocycles. The smallest absolute Gasteiger partial charge is 0.250 e. The van der Waals surface area contributed by atoms with Gasteiger partial charge in [0.25, 0.3) is 5.89 Å². The Morgan fingerprint density at radius 1 is 1.25 bits per heavy atom. The number of benzene rings is 1. The molecule has 0 spiro atoms.